The fourth-order valence-electron chi connectivity index (χ4n) is 5.87. The molecule has 0 N–H and O–H groups in total. The summed E-state index contributed by atoms with van der Waals surface area (Å²) in [5.41, 5.74) is 15.0. The molecule has 0 aliphatic heterocycles. The molecule has 0 saturated carbocycles. The van der Waals surface area contributed by atoms with Crippen LogP contribution in [0.15, 0.2) is 55.1 Å². The van der Waals surface area contributed by atoms with E-state index in [2.05, 4.69) is 138 Å². The molecule has 1 heteroatoms. The Balaban J connectivity index is 2.53. The Morgan fingerprint density at radius 3 is 1.12 bits per heavy atom. The van der Waals surface area contributed by atoms with Crippen molar-refractivity contribution in [3.63, 3.8) is 0 Å². The molecule has 0 atom stereocenters. The van der Waals surface area contributed by atoms with Crippen LogP contribution in [0.2, 0.25) is 4.44 Å². The minimum absolute atomic E-state index is 0.468. The summed E-state index contributed by atoms with van der Waals surface area (Å²) in [4.78, 5) is 0. The van der Waals surface area contributed by atoms with Gasteiger partial charge in [0.25, 0.3) is 0 Å². The predicted octanol–water partition coefficient (Wildman–Crippen LogP) is 11.7. The zero-order valence-electron chi connectivity index (χ0n) is 27.5. The molecule has 40 heavy (non-hydrogen) atoms. The zero-order chi connectivity index (χ0) is 29.9. The van der Waals surface area contributed by atoms with Crippen LogP contribution in [-0.2, 0) is 0 Å². The third-order valence-corrected chi connectivity index (χ3v) is 12.2. The van der Waals surface area contributed by atoms with Gasteiger partial charge in [-0.05, 0) is 0 Å². The van der Waals surface area contributed by atoms with E-state index in [4.69, 9.17) is 0 Å². The quantitative estimate of drug-likeness (QED) is 0.144. The summed E-state index contributed by atoms with van der Waals surface area (Å²) in [6.45, 7) is 32.5. The van der Waals surface area contributed by atoms with E-state index >= 15 is 0 Å². The van der Waals surface area contributed by atoms with Crippen LogP contribution < -0.4 is 3.58 Å². The molecule has 3 aromatic rings. The van der Waals surface area contributed by atoms with E-state index in [1.165, 1.54) is 55.6 Å². The van der Waals surface area contributed by atoms with Gasteiger partial charge in [0.15, 0.2) is 0 Å². The second kappa shape index (κ2) is 13.9. The molecule has 214 valence electrons. The van der Waals surface area contributed by atoms with E-state index < -0.39 is 21.1 Å². The molecule has 3 rings (SSSR count). The Bertz CT molecular complexity index is 1160. The van der Waals surface area contributed by atoms with Gasteiger partial charge in [0, 0.05) is 0 Å². The molecule has 0 amide bonds. The monoisotopic (exact) mass is 642 g/mol. The first kappa shape index (κ1) is 32.7. The second-order valence-electron chi connectivity index (χ2n) is 13.5. The number of allylic oxidation sites excluding steroid dienone is 1. The molecular formula is C39H54Sn. The van der Waals surface area contributed by atoms with Crippen LogP contribution in [0.25, 0.3) is 22.3 Å². The summed E-state index contributed by atoms with van der Waals surface area (Å²) in [5.74, 6) is 2.92. The van der Waals surface area contributed by atoms with Crippen LogP contribution in [0.5, 0.6) is 0 Å². The summed E-state index contributed by atoms with van der Waals surface area (Å²) < 4.78 is 2.79. The van der Waals surface area contributed by atoms with Crippen LogP contribution in [-0.4, -0.2) is 21.1 Å². The van der Waals surface area contributed by atoms with Crippen molar-refractivity contribution < 1.29 is 0 Å². The molecule has 2 radical (unpaired) electrons. The molecule has 0 fully saturated rings. The summed E-state index contributed by atoms with van der Waals surface area (Å²) in [6.07, 6.45) is 2.16. The number of hydrogen-bond donors (Lipinski definition) is 0. The maximum absolute atomic E-state index is 4.17. The molecule has 0 aliphatic carbocycles. The van der Waals surface area contributed by atoms with Crippen molar-refractivity contribution in [3.05, 3.63) is 88.5 Å². The molecular weight excluding hydrogens is 587 g/mol. The van der Waals surface area contributed by atoms with Gasteiger partial charge < -0.3 is 0 Å². The van der Waals surface area contributed by atoms with Gasteiger partial charge >= 0.3 is 259 Å². The third-order valence-electron chi connectivity index (χ3n) is 8.29. The minimum atomic E-state index is -0.943. The first-order valence-corrected chi connectivity index (χ1v) is 19.1. The Morgan fingerprint density at radius 2 is 0.875 bits per heavy atom. The topological polar surface area (TPSA) is 0 Å². The first-order valence-electron chi connectivity index (χ1n) is 15.6. The van der Waals surface area contributed by atoms with E-state index in [-0.39, 0.29) is 0 Å². The van der Waals surface area contributed by atoms with Crippen molar-refractivity contribution in [2.24, 2.45) is 0 Å². The molecule has 0 aliphatic rings. The van der Waals surface area contributed by atoms with Gasteiger partial charge in [-0.1, -0.05) is 0 Å². The van der Waals surface area contributed by atoms with Gasteiger partial charge in [-0.2, -0.15) is 0 Å². The van der Waals surface area contributed by atoms with E-state index in [0.29, 0.717) is 35.5 Å². The van der Waals surface area contributed by atoms with Gasteiger partial charge in [-0.3, -0.25) is 0 Å². The van der Waals surface area contributed by atoms with E-state index in [9.17, 15) is 0 Å². The molecule has 0 bridgehead atoms. The van der Waals surface area contributed by atoms with Crippen LogP contribution >= 0.6 is 0 Å². The van der Waals surface area contributed by atoms with Crippen LogP contribution in [0.4, 0.5) is 0 Å². The van der Waals surface area contributed by atoms with Gasteiger partial charge in [-0.15, -0.1) is 0 Å². The van der Waals surface area contributed by atoms with Crippen LogP contribution in [0, 0.1) is 0 Å². The third kappa shape index (κ3) is 6.97. The zero-order valence-corrected chi connectivity index (χ0v) is 30.4. The van der Waals surface area contributed by atoms with Gasteiger partial charge in [0.2, 0.25) is 0 Å². The van der Waals surface area contributed by atoms with E-state index in [1.54, 1.807) is 3.58 Å². The number of rotatable bonds is 11. The van der Waals surface area contributed by atoms with E-state index in [0.717, 1.165) is 4.44 Å². The molecule has 0 spiro atoms. The maximum atomic E-state index is 4.17. The predicted molar refractivity (Wildman–Crippen MR) is 182 cm³/mol. The molecule has 0 heterocycles. The molecule has 0 saturated heterocycles. The fraction of sp³-hybridized carbons (Fsp3) is 0.487. The van der Waals surface area contributed by atoms with Crippen molar-refractivity contribution >= 4 is 24.7 Å². The molecule has 0 aromatic heterocycles. The number of benzene rings is 3. The fourth-order valence-corrected chi connectivity index (χ4v) is 9.14. The number of hydrogen-bond acceptors (Lipinski definition) is 0. The summed E-state index contributed by atoms with van der Waals surface area (Å²) in [6, 6.07) is 17.3. The van der Waals surface area contributed by atoms with Crippen molar-refractivity contribution in [2.45, 2.75) is 123 Å². The normalized spacial score (nSPS) is 12.2. The molecule has 0 nitrogen and oxygen atoms in total. The summed E-state index contributed by atoms with van der Waals surface area (Å²) in [7, 11) is 0. The van der Waals surface area contributed by atoms with Gasteiger partial charge in [-0.25, -0.2) is 0 Å². The van der Waals surface area contributed by atoms with Gasteiger partial charge in [0.05, 0.1) is 0 Å². The first-order chi connectivity index (χ1) is 18.8. The SMILES string of the molecule is C=C[CH2][Sn][c]1c(-c2c(C(C)C)cc(C(C)C)cc2C(C)C)cccc1-c1c(C(C)C)cc(C(C)C)cc1C(C)C. The Labute approximate surface area is 257 Å². The van der Waals surface area contributed by atoms with E-state index in [1.807, 2.05) is 0 Å². The van der Waals surface area contributed by atoms with Gasteiger partial charge in [0.1, 0.15) is 0 Å². The summed E-state index contributed by atoms with van der Waals surface area (Å²) in [5, 5.41) is 0. The van der Waals surface area contributed by atoms with Crippen molar-refractivity contribution in [1.82, 2.24) is 0 Å². The van der Waals surface area contributed by atoms with Crippen molar-refractivity contribution in [1.29, 1.82) is 0 Å². The Morgan fingerprint density at radius 1 is 0.550 bits per heavy atom. The molecule has 3 aromatic carbocycles. The Hall–Kier alpha value is -1.80. The molecule has 0 unspecified atom stereocenters. The average molecular weight is 642 g/mol. The second-order valence-corrected chi connectivity index (χ2v) is 17.1. The summed E-state index contributed by atoms with van der Waals surface area (Å²) >= 11 is -0.943. The van der Waals surface area contributed by atoms with Crippen LogP contribution in [0.3, 0.4) is 0 Å². The van der Waals surface area contributed by atoms with Crippen molar-refractivity contribution in [2.75, 3.05) is 0 Å². The standard InChI is InChI=1S/C36H49.C3H5.Sn/c1-21(2)29-17-31(23(5)6)35(32(18-29)24(7)8)27-14-13-15-28(16-27)36-33(25(9)10)19-30(22(3)4)20-34(36)26(11)12;1-3-2;/h13-15,17-26H,1-12H3;3H,1-2H2;. The van der Waals surface area contributed by atoms with Crippen LogP contribution in [0.1, 0.15) is 152 Å². The Kier molecular flexibility index (Phi) is 11.4. The average Bonchev–Trinajstić information content (AvgIpc) is 2.89. The van der Waals surface area contributed by atoms with Crippen molar-refractivity contribution in [3.8, 4) is 22.3 Å².